The Bertz CT molecular complexity index is 639. The number of guanidine groups is 1. The summed E-state index contributed by atoms with van der Waals surface area (Å²) in [7, 11) is 1.75. The van der Waals surface area contributed by atoms with Crippen LogP contribution in [0.2, 0.25) is 0 Å². The monoisotopic (exact) mass is 360 g/mol. The minimum atomic E-state index is 0.123. The second-order valence-electron chi connectivity index (χ2n) is 6.01. The number of hydrogen-bond donors (Lipinski definition) is 2. The number of rotatable bonds is 10. The molecule has 2 rings (SSSR count). The van der Waals surface area contributed by atoms with Crippen LogP contribution in [0.25, 0.3) is 0 Å². The lowest BCUT2D eigenvalue weighted by Gasteiger charge is -2.12. The maximum atomic E-state index is 5.55. The first-order chi connectivity index (χ1) is 12.7. The van der Waals surface area contributed by atoms with Gasteiger partial charge in [0.15, 0.2) is 5.96 Å². The van der Waals surface area contributed by atoms with Gasteiger partial charge in [0.25, 0.3) is 0 Å². The Morgan fingerprint density at radius 2 is 2.15 bits per heavy atom. The van der Waals surface area contributed by atoms with Crippen LogP contribution >= 0.6 is 0 Å². The van der Waals surface area contributed by atoms with Crippen molar-refractivity contribution >= 4 is 5.96 Å². The molecule has 0 saturated heterocycles. The first-order valence-electron chi connectivity index (χ1n) is 8.83. The molecule has 2 aromatic rings. The molecule has 0 fully saturated rings. The number of aliphatic imine (C=N–C) groups is 1. The van der Waals surface area contributed by atoms with Crippen molar-refractivity contribution < 1.29 is 13.9 Å². The topological polar surface area (TPSA) is 80.9 Å². The maximum Gasteiger partial charge on any atom is 0.213 e. The SMILES string of the molecule is CN=C(NCCCOCc1ccco1)NCc1ccc(OC(C)C)nc1. The van der Waals surface area contributed by atoms with Crippen molar-refractivity contribution in [2.24, 2.45) is 4.99 Å². The summed E-state index contributed by atoms with van der Waals surface area (Å²) in [6.45, 7) is 6.54. The van der Waals surface area contributed by atoms with E-state index < -0.39 is 0 Å². The van der Waals surface area contributed by atoms with Crippen molar-refractivity contribution in [2.45, 2.75) is 39.5 Å². The first-order valence-corrected chi connectivity index (χ1v) is 8.83. The van der Waals surface area contributed by atoms with Gasteiger partial charge in [-0.05, 0) is 38.0 Å². The third-order valence-corrected chi connectivity index (χ3v) is 3.42. The van der Waals surface area contributed by atoms with Gasteiger partial charge in [-0.3, -0.25) is 4.99 Å². The molecule has 0 atom stereocenters. The van der Waals surface area contributed by atoms with Gasteiger partial charge in [-0.2, -0.15) is 0 Å². The Hall–Kier alpha value is -2.54. The van der Waals surface area contributed by atoms with Gasteiger partial charge in [0.2, 0.25) is 5.88 Å². The van der Waals surface area contributed by atoms with Crippen LogP contribution in [0.15, 0.2) is 46.1 Å². The number of ether oxygens (including phenoxy) is 2. The van der Waals surface area contributed by atoms with Gasteiger partial charge in [0.05, 0.1) is 12.4 Å². The van der Waals surface area contributed by atoms with E-state index in [9.17, 15) is 0 Å². The number of hydrogen-bond acceptors (Lipinski definition) is 5. The Morgan fingerprint density at radius 3 is 2.81 bits per heavy atom. The van der Waals surface area contributed by atoms with Crippen molar-refractivity contribution in [3.8, 4) is 5.88 Å². The standard InChI is InChI=1S/C19H28N4O3/c1-15(2)26-18-8-7-16(12-22-18)13-23-19(20-3)21-9-5-10-24-14-17-6-4-11-25-17/h4,6-8,11-12,15H,5,9-10,13-14H2,1-3H3,(H2,20,21,23). The van der Waals surface area contributed by atoms with E-state index in [-0.39, 0.29) is 6.10 Å². The van der Waals surface area contributed by atoms with Crippen molar-refractivity contribution in [1.82, 2.24) is 15.6 Å². The Morgan fingerprint density at radius 1 is 1.27 bits per heavy atom. The zero-order valence-corrected chi connectivity index (χ0v) is 15.7. The highest BCUT2D eigenvalue weighted by molar-refractivity contribution is 5.79. The van der Waals surface area contributed by atoms with Gasteiger partial charge in [0, 0.05) is 39.0 Å². The van der Waals surface area contributed by atoms with Crippen LogP contribution in [0.4, 0.5) is 0 Å². The maximum absolute atomic E-state index is 5.55. The van der Waals surface area contributed by atoms with Crippen molar-refractivity contribution in [1.29, 1.82) is 0 Å². The fourth-order valence-corrected chi connectivity index (χ4v) is 2.18. The zero-order chi connectivity index (χ0) is 18.6. The second kappa shape index (κ2) is 11.1. The van der Waals surface area contributed by atoms with Gasteiger partial charge in [-0.1, -0.05) is 6.07 Å². The molecule has 0 bridgehead atoms. The molecule has 0 saturated carbocycles. The lowest BCUT2D eigenvalue weighted by Crippen LogP contribution is -2.37. The summed E-state index contributed by atoms with van der Waals surface area (Å²) in [5, 5.41) is 6.52. The van der Waals surface area contributed by atoms with Gasteiger partial charge in [0.1, 0.15) is 12.4 Å². The number of furan rings is 1. The summed E-state index contributed by atoms with van der Waals surface area (Å²) in [5.41, 5.74) is 1.06. The molecule has 26 heavy (non-hydrogen) atoms. The molecule has 7 heteroatoms. The van der Waals surface area contributed by atoms with Crippen molar-refractivity contribution in [3.63, 3.8) is 0 Å². The minimum absolute atomic E-state index is 0.123. The average Bonchev–Trinajstić information content (AvgIpc) is 3.14. The van der Waals surface area contributed by atoms with E-state index in [0.29, 0.717) is 25.6 Å². The Kier molecular flexibility index (Phi) is 8.48. The number of nitrogens with one attached hydrogen (secondary N) is 2. The van der Waals surface area contributed by atoms with Gasteiger partial charge >= 0.3 is 0 Å². The number of pyridine rings is 1. The van der Waals surface area contributed by atoms with Crippen LogP contribution in [0.1, 0.15) is 31.6 Å². The fourth-order valence-electron chi connectivity index (χ4n) is 2.18. The molecule has 0 radical (unpaired) electrons. The summed E-state index contributed by atoms with van der Waals surface area (Å²) in [6.07, 6.45) is 4.46. The molecule has 0 aliphatic carbocycles. The Labute approximate surface area is 154 Å². The molecule has 142 valence electrons. The lowest BCUT2D eigenvalue weighted by molar-refractivity contribution is 0.105. The molecule has 0 aliphatic rings. The van der Waals surface area contributed by atoms with Gasteiger partial charge < -0.3 is 24.5 Å². The smallest absolute Gasteiger partial charge is 0.213 e. The van der Waals surface area contributed by atoms with Crippen LogP contribution in [0.3, 0.4) is 0 Å². The molecule has 0 amide bonds. The highest BCUT2D eigenvalue weighted by Crippen LogP contribution is 2.09. The van der Waals surface area contributed by atoms with Crippen molar-refractivity contribution in [2.75, 3.05) is 20.2 Å². The summed E-state index contributed by atoms with van der Waals surface area (Å²) < 4.78 is 16.3. The van der Waals surface area contributed by atoms with Crippen LogP contribution < -0.4 is 15.4 Å². The summed E-state index contributed by atoms with van der Waals surface area (Å²) in [6, 6.07) is 7.63. The predicted octanol–water partition coefficient (Wildman–Crippen LogP) is 2.73. The third kappa shape index (κ3) is 7.57. The van der Waals surface area contributed by atoms with E-state index in [2.05, 4.69) is 20.6 Å². The predicted molar refractivity (Wildman–Crippen MR) is 101 cm³/mol. The van der Waals surface area contributed by atoms with E-state index in [1.54, 1.807) is 19.5 Å². The molecule has 0 spiro atoms. The van der Waals surface area contributed by atoms with Gasteiger partial charge in [-0.25, -0.2) is 4.98 Å². The number of nitrogens with zero attached hydrogens (tertiary/aromatic N) is 2. The molecule has 2 N–H and O–H groups in total. The molecule has 7 nitrogen and oxygen atoms in total. The first kappa shape index (κ1) is 19.8. The molecule has 0 aliphatic heterocycles. The molecule has 0 aromatic carbocycles. The van der Waals surface area contributed by atoms with Gasteiger partial charge in [-0.15, -0.1) is 0 Å². The largest absolute Gasteiger partial charge is 0.475 e. The zero-order valence-electron chi connectivity index (χ0n) is 15.7. The van der Waals surface area contributed by atoms with Crippen molar-refractivity contribution in [3.05, 3.63) is 48.0 Å². The van der Waals surface area contributed by atoms with E-state index in [0.717, 1.165) is 30.2 Å². The van der Waals surface area contributed by atoms with Crippen LogP contribution in [0.5, 0.6) is 5.88 Å². The van der Waals surface area contributed by atoms with E-state index >= 15 is 0 Å². The molecular weight excluding hydrogens is 332 g/mol. The third-order valence-electron chi connectivity index (χ3n) is 3.42. The van der Waals surface area contributed by atoms with E-state index in [4.69, 9.17) is 13.9 Å². The summed E-state index contributed by atoms with van der Waals surface area (Å²) in [4.78, 5) is 8.50. The summed E-state index contributed by atoms with van der Waals surface area (Å²) in [5.74, 6) is 2.23. The highest BCUT2D eigenvalue weighted by atomic mass is 16.5. The average molecular weight is 360 g/mol. The quantitative estimate of drug-likeness (QED) is 0.385. The fraction of sp³-hybridized carbons (Fsp3) is 0.474. The molecule has 0 unspecified atom stereocenters. The molecule has 2 heterocycles. The van der Waals surface area contributed by atoms with Crippen LogP contribution in [-0.4, -0.2) is 37.2 Å². The van der Waals surface area contributed by atoms with E-state index in [1.165, 1.54) is 0 Å². The molecule has 2 aromatic heterocycles. The number of aromatic nitrogens is 1. The lowest BCUT2D eigenvalue weighted by atomic mass is 10.3. The summed E-state index contributed by atoms with van der Waals surface area (Å²) >= 11 is 0. The Balaban J connectivity index is 1.59. The van der Waals surface area contributed by atoms with Crippen LogP contribution in [-0.2, 0) is 17.9 Å². The highest BCUT2D eigenvalue weighted by Gasteiger charge is 2.02. The van der Waals surface area contributed by atoms with Crippen LogP contribution in [0, 0.1) is 0 Å². The van der Waals surface area contributed by atoms with E-state index in [1.807, 2.05) is 38.1 Å². The molecular formula is C19H28N4O3. The minimum Gasteiger partial charge on any atom is -0.475 e. The second-order valence-corrected chi connectivity index (χ2v) is 6.01. The normalized spacial score (nSPS) is 11.6.